The molecule has 0 aromatic rings. The SMILES string of the molecule is N=C(N)NCCCCN(C(=O)O)C(=O)CC[C@H](N)C(=O)O. The summed E-state index contributed by atoms with van der Waals surface area (Å²) in [4.78, 5) is 33.8. The van der Waals surface area contributed by atoms with Crippen molar-refractivity contribution in [1.82, 2.24) is 10.2 Å². The maximum atomic E-state index is 11.7. The van der Waals surface area contributed by atoms with Crippen LogP contribution in [0.4, 0.5) is 4.79 Å². The molecule has 0 fully saturated rings. The number of aliphatic carboxylic acids is 1. The smallest absolute Gasteiger partial charge is 0.414 e. The number of carboxylic acid groups (broad SMARTS) is 2. The van der Waals surface area contributed by atoms with E-state index < -0.39 is 24.0 Å². The molecule has 0 aliphatic rings. The van der Waals surface area contributed by atoms with Crippen LogP contribution in [0.2, 0.25) is 0 Å². The molecule has 2 amide bonds. The van der Waals surface area contributed by atoms with E-state index in [2.05, 4.69) is 5.32 Å². The number of unbranched alkanes of at least 4 members (excludes halogenated alkanes) is 1. The number of carbonyl (C=O) groups excluding carboxylic acids is 1. The predicted molar refractivity (Wildman–Crippen MR) is 73.7 cm³/mol. The van der Waals surface area contributed by atoms with Crippen LogP contribution in [0, 0.1) is 5.41 Å². The molecular weight excluding hydrogens is 282 g/mol. The minimum atomic E-state index is -1.39. The van der Waals surface area contributed by atoms with Crippen LogP contribution in [-0.4, -0.2) is 58.2 Å². The number of nitrogens with zero attached hydrogens (tertiary/aromatic N) is 1. The van der Waals surface area contributed by atoms with Crippen molar-refractivity contribution < 1.29 is 24.6 Å². The number of amides is 2. The number of nitrogens with two attached hydrogens (primary N) is 2. The zero-order chi connectivity index (χ0) is 16.4. The molecule has 0 saturated heterocycles. The highest BCUT2D eigenvalue weighted by molar-refractivity contribution is 5.91. The third-order valence-electron chi connectivity index (χ3n) is 2.64. The first-order valence-electron chi connectivity index (χ1n) is 6.35. The lowest BCUT2D eigenvalue weighted by molar-refractivity contribution is -0.138. The Hall–Kier alpha value is -2.36. The Morgan fingerprint density at radius 2 is 1.86 bits per heavy atom. The van der Waals surface area contributed by atoms with Gasteiger partial charge < -0.3 is 27.0 Å². The van der Waals surface area contributed by atoms with Crippen molar-refractivity contribution in [3.8, 4) is 0 Å². The first-order chi connectivity index (χ1) is 9.75. The van der Waals surface area contributed by atoms with Gasteiger partial charge in [-0.25, -0.2) is 9.69 Å². The molecule has 0 heterocycles. The summed E-state index contributed by atoms with van der Waals surface area (Å²) in [6, 6.07) is -1.19. The molecular formula is C11H21N5O5. The van der Waals surface area contributed by atoms with Crippen LogP contribution < -0.4 is 16.8 Å². The highest BCUT2D eigenvalue weighted by Gasteiger charge is 2.22. The Morgan fingerprint density at radius 3 is 2.33 bits per heavy atom. The van der Waals surface area contributed by atoms with Crippen molar-refractivity contribution >= 4 is 23.9 Å². The van der Waals surface area contributed by atoms with Gasteiger partial charge in [0.25, 0.3) is 0 Å². The lowest BCUT2D eigenvalue weighted by Gasteiger charge is -2.17. The quantitative estimate of drug-likeness (QED) is 0.177. The van der Waals surface area contributed by atoms with Gasteiger partial charge in [-0.3, -0.25) is 15.0 Å². The van der Waals surface area contributed by atoms with Crippen molar-refractivity contribution in [1.29, 1.82) is 5.41 Å². The highest BCUT2D eigenvalue weighted by Crippen LogP contribution is 2.04. The Bertz CT molecular complexity index is 400. The first kappa shape index (κ1) is 18.6. The number of carboxylic acids is 1. The van der Waals surface area contributed by atoms with Gasteiger partial charge in [-0.1, -0.05) is 0 Å². The normalized spacial score (nSPS) is 11.5. The molecule has 0 unspecified atom stereocenters. The van der Waals surface area contributed by atoms with Gasteiger partial charge in [0.05, 0.1) is 0 Å². The van der Waals surface area contributed by atoms with Crippen LogP contribution in [-0.2, 0) is 9.59 Å². The molecule has 0 saturated carbocycles. The number of rotatable bonds is 9. The van der Waals surface area contributed by atoms with Gasteiger partial charge in [0.15, 0.2) is 5.96 Å². The average molecular weight is 303 g/mol. The number of guanidine groups is 1. The number of nitrogens with one attached hydrogen (secondary N) is 2. The molecule has 0 aliphatic heterocycles. The van der Waals surface area contributed by atoms with Crippen molar-refractivity contribution in [3.05, 3.63) is 0 Å². The van der Waals surface area contributed by atoms with E-state index >= 15 is 0 Å². The molecule has 0 radical (unpaired) electrons. The average Bonchev–Trinajstić information content (AvgIpc) is 2.38. The van der Waals surface area contributed by atoms with E-state index in [0.29, 0.717) is 24.3 Å². The molecule has 8 N–H and O–H groups in total. The van der Waals surface area contributed by atoms with E-state index in [0.717, 1.165) is 0 Å². The zero-order valence-corrected chi connectivity index (χ0v) is 11.5. The minimum absolute atomic E-state index is 0.00391. The van der Waals surface area contributed by atoms with Crippen molar-refractivity contribution in [3.63, 3.8) is 0 Å². The van der Waals surface area contributed by atoms with Crippen molar-refractivity contribution in [2.45, 2.75) is 31.7 Å². The standard InChI is InChI=1S/C11H21N5O5/c12-7(9(18)19)3-4-8(17)16(11(20)21)6-2-1-5-15-10(13)14/h7H,1-6,12H2,(H,18,19)(H,20,21)(H4,13,14,15)/t7-/m0/s1. The van der Waals surface area contributed by atoms with Gasteiger partial charge in [-0.15, -0.1) is 0 Å². The third-order valence-corrected chi connectivity index (χ3v) is 2.64. The van der Waals surface area contributed by atoms with Crippen molar-refractivity contribution in [2.24, 2.45) is 11.5 Å². The number of hydrogen-bond acceptors (Lipinski definition) is 5. The Labute approximate surface area is 121 Å². The van der Waals surface area contributed by atoms with E-state index in [1.807, 2.05) is 0 Å². The van der Waals surface area contributed by atoms with Gasteiger partial charge in [-0.2, -0.15) is 0 Å². The maximum Gasteiger partial charge on any atom is 0.414 e. The summed E-state index contributed by atoms with van der Waals surface area (Å²) < 4.78 is 0. The van der Waals surface area contributed by atoms with E-state index in [-0.39, 0.29) is 25.3 Å². The summed E-state index contributed by atoms with van der Waals surface area (Å²) >= 11 is 0. The van der Waals surface area contributed by atoms with Gasteiger partial charge >= 0.3 is 12.1 Å². The van der Waals surface area contributed by atoms with Crippen LogP contribution in [0.15, 0.2) is 0 Å². The largest absolute Gasteiger partial charge is 0.480 e. The van der Waals surface area contributed by atoms with Crippen LogP contribution >= 0.6 is 0 Å². The van der Waals surface area contributed by atoms with Gasteiger partial charge in [-0.05, 0) is 19.3 Å². The molecule has 21 heavy (non-hydrogen) atoms. The van der Waals surface area contributed by atoms with Crippen molar-refractivity contribution in [2.75, 3.05) is 13.1 Å². The first-order valence-corrected chi connectivity index (χ1v) is 6.35. The predicted octanol–water partition coefficient (Wildman–Crippen LogP) is -1.05. The van der Waals surface area contributed by atoms with Crippen LogP contribution in [0.1, 0.15) is 25.7 Å². The van der Waals surface area contributed by atoms with Gasteiger partial charge in [0.2, 0.25) is 5.91 Å². The Kier molecular flexibility index (Phi) is 8.46. The second-order valence-corrected chi connectivity index (χ2v) is 4.36. The van der Waals surface area contributed by atoms with Crippen LogP contribution in [0.3, 0.4) is 0 Å². The number of imide groups is 1. The summed E-state index contributed by atoms with van der Waals surface area (Å²) in [5.41, 5.74) is 10.3. The van der Waals surface area contributed by atoms with Gasteiger partial charge in [0, 0.05) is 19.5 Å². The summed E-state index contributed by atoms with van der Waals surface area (Å²) in [5.74, 6) is -2.09. The van der Waals surface area contributed by atoms with E-state index in [4.69, 9.17) is 27.1 Å². The monoisotopic (exact) mass is 303 g/mol. The number of carbonyl (C=O) groups is 3. The fourth-order valence-electron chi connectivity index (χ4n) is 1.48. The molecule has 0 bridgehead atoms. The molecule has 120 valence electrons. The fourth-order valence-corrected chi connectivity index (χ4v) is 1.48. The molecule has 0 aromatic heterocycles. The Morgan fingerprint density at radius 1 is 1.24 bits per heavy atom. The summed E-state index contributed by atoms with van der Waals surface area (Å²) in [5, 5.41) is 27.0. The Balaban J connectivity index is 4.16. The van der Waals surface area contributed by atoms with Gasteiger partial charge in [0.1, 0.15) is 6.04 Å². The lowest BCUT2D eigenvalue weighted by Crippen LogP contribution is -2.39. The minimum Gasteiger partial charge on any atom is -0.480 e. The molecule has 10 nitrogen and oxygen atoms in total. The second-order valence-electron chi connectivity index (χ2n) is 4.36. The fraction of sp³-hybridized carbons (Fsp3) is 0.636. The molecule has 10 heteroatoms. The lowest BCUT2D eigenvalue weighted by atomic mass is 10.1. The summed E-state index contributed by atoms with van der Waals surface area (Å²) in [6.45, 7) is 0.400. The summed E-state index contributed by atoms with van der Waals surface area (Å²) in [6.07, 6.45) is -0.812. The van der Waals surface area contributed by atoms with E-state index in [9.17, 15) is 14.4 Å². The second kappa shape index (κ2) is 9.53. The van der Waals surface area contributed by atoms with E-state index in [1.54, 1.807) is 0 Å². The van der Waals surface area contributed by atoms with Crippen LogP contribution in [0.25, 0.3) is 0 Å². The van der Waals surface area contributed by atoms with E-state index in [1.165, 1.54) is 0 Å². The molecule has 0 rings (SSSR count). The topological polar surface area (TPSA) is 183 Å². The highest BCUT2D eigenvalue weighted by atomic mass is 16.4. The summed E-state index contributed by atoms with van der Waals surface area (Å²) in [7, 11) is 0. The number of hydrogen-bond donors (Lipinski definition) is 6. The molecule has 0 spiro atoms. The van der Waals surface area contributed by atoms with Crippen LogP contribution in [0.5, 0.6) is 0 Å². The zero-order valence-electron chi connectivity index (χ0n) is 11.5. The molecule has 0 aromatic carbocycles. The molecule has 1 atom stereocenters. The maximum absolute atomic E-state index is 11.7. The third kappa shape index (κ3) is 8.42. The molecule has 0 aliphatic carbocycles.